The fraction of sp³-hybridized carbons (Fsp3) is 0.273. The van der Waals surface area contributed by atoms with Crippen molar-refractivity contribution in [1.29, 1.82) is 0 Å². The SMILES string of the molecule is CCNC(=O)C(CC)N(c1ccc(OC)cc1)c1nc(-c2ccc(F)cc2)cs1. The van der Waals surface area contributed by atoms with E-state index in [9.17, 15) is 9.18 Å². The second kappa shape index (κ2) is 9.52. The van der Waals surface area contributed by atoms with Gasteiger partial charge in [0.05, 0.1) is 12.8 Å². The second-order valence-corrected chi connectivity index (χ2v) is 7.25. The molecule has 0 spiro atoms. The average molecular weight is 414 g/mol. The van der Waals surface area contributed by atoms with E-state index in [2.05, 4.69) is 5.32 Å². The van der Waals surface area contributed by atoms with Gasteiger partial charge in [-0.2, -0.15) is 0 Å². The molecule has 0 aliphatic rings. The highest BCUT2D eigenvalue weighted by atomic mass is 32.1. The van der Waals surface area contributed by atoms with Crippen molar-refractivity contribution in [3.8, 4) is 17.0 Å². The van der Waals surface area contributed by atoms with Gasteiger partial charge in [0.25, 0.3) is 0 Å². The van der Waals surface area contributed by atoms with Gasteiger partial charge in [0.1, 0.15) is 17.6 Å². The number of hydrogen-bond donors (Lipinski definition) is 1. The molecule has 29 heavy (non-hydrogen) atoms. The highest BCUT2D eigenvalue weighted by molar-refractivity contribution is 7.14. The Bertz CT molecular complexity index is 941. The number of likely N-dealkylation sites (N-methyl/N-ethyl adjacent to an activating group) is 1. The zero-order valence-electron chi connectivity index (χ0n) is 16.7. The van der Waals surface area contributed by atoms with E-state index in [1.807, 2.05) is 48.4 Å². The van der Waals surface area contributed by atoms with Gasteiger partial charge in [0.15, 0.2) is 5.13 Å². The van der Waals surface area contributed by atoms with Gasteiger partial charge in [0.2, 0.25) is 5.91 Å². The summed E-state index contributed by atoms with van der Waals surface area (Å²) in [4.78, 5) is 19.5. The quantitative estimate of drug-likeness (QED) is 0.564. The fourth-order valence-electron chi connectivity index (χ4n) is 3.07. The van der Waals surface area contributed by atoms with E-state index in [-0.39, 0.29) is 11.7 Å². The molecular formula is C22H24FN3O2S. The maximum absolute atomic E-state index is 13.3. The summed E-state index contributed by atoms with van der Waals surface area (Å²) in [5, 5.41) is 5.54. The zero-order chi connectivity index (χ0) is 20.8. The third kappa shape index (κ3) is 4.74. The van der Waals surface area contributed by atoms with Gasteiger partial charge in [-0.15, -0.1) is 11.3 Å². The molecule has 0 aliphatic carbocycles. The minimum absolute atomic E-state index is 0.0515. The molecule has 1 amide bonds. The van der Waals surface area contributed by atoms with Crippen molar-refractivity contribution < 1.29 is 13.9 Å². The molecule has 1 atom stereocenters. The molecule has 7 heteroatoms. The maximum atomic E-state index is 13.3. The Hall–Kier alpha value is -2.93. The number of nitrogens with one attached hydrogen (secondary N) is 1. The highest BCUT2D eigenvalue weighted by Gasteiger charge is 2.28. The number of nitrogens with zero attached hydrogens (tertiary/aromatic N) is 2. The van der Waals surface area contributed by atoms with Crippen molar-refractivity contribution in [3.05, 3.63) is 59.7 Å². The summed E-state index contributed by atoms with van der Waals surface area (Å²) >= 11 is 1.45. The summed E-state index contributed by atoms with van der Waals surface area (Å²) in [6.07, 6.45) is 0.614. The van der Waals surface area contributed by atoms with E-state index < -0.39 is 6.04 Å². The van der Waals surface area contributed by atoms with Crippen LogP contribution in [0, 0.1) is 5.82 Å². The average Bonchev–Trinajstić information content (AvgIpc) is 3.22. The number of carbonyl (C=O) groups is 1. The molecule has 152 valence electrons. The molecule has 5 nitrogen and oxygen atoms in total. The Balaban J connectivity index is 2.02. The second-order valence-electron chi connectivity index (χ2n) is 6.41. The first-order valence-corrected chi connectivity index (χ1v) is 10.4. The first kappa shape index (κ1) is 20.8. The molecule has 3 aromatic rings. The molecule has 3 rings (SSSR count). The Morgan fingerprint density at radius 3 is 2.45 bits per heavy atom. The van der Waals surface area contributed by atoms with Gasteiger partial charge < -0.3 is 15.0 Å². The number of methoxy groups -OCH3 is 1. The topological polar surface area (TPSA) is 54.5 Å². The number of benzene rings is 2. The number of rotatable bonds is 8. The van der Waals surface area contributed by atoms with Crippen molar-refractivity contribution in [2.45, 2.75) is 26.3 Å². The Morgan fingerprint density at radius 1 is 1.17 bits per heavy atom. The van der Waals surface area contributed by atoms with Gasteiger partial charge in [0, 0.05) is 23.2 Å². The number of thiazole rings is 1. The van der Waals surface area contributed by atoms with Crippen LogP contribution in [0.15, 0.2) is 53.9 Å². The molecule has 2 aromatic carbocycles. The first-order chi connectivity index (χ1) is 14.1. The van der Waals surface area contributed by atoms with Gasteiger partial charge in [-0.1, -0.05) is 6.92 Å². The minimum atomic E-state index is -0.407. The molecule has 1 heterocycles. The van der Waals surface area contributed by atoms with Crippen molar-refractivity contribution in [2.24, 2.45) is 0 Å². The Kier molecular flexibility index (Phi) is 6.82. The van der Waals surface area contributed by atoms with Gasteiger partial charge in [-0.05, 0) is 61.9 Å². The van der Waals surface area contributed by atoms with E-state index in [0.29, 0.717) is 18.1 Å². The van der Waals surface area contributed by atoms with E-state index in [4.69, 9.17) is 9.72 Å². The van der Waals surface area contributed by atoms with Gasteiger partial charge >= 0.3 is 0 Å². The van der Waals surface area contributed by atoms with Crippen molar-refractivity contribution in [1.82, 2.24) is 10.3 Å². The lowest BCUT2D eigenvalue weighted by Gasteiger charge is -2.30. The predicted octanol–water partition coefficient (Wildman–Crippen LogP) is 5.01. The number of hydrogen-bond acceptors (Lipinski definition) is 5. The van der Waals surface area contributed by atoms with E-state index in [1.165, 1.54) is 23.5 Å². The summed E-state index contributed by atoms with van der Waals surface area (Å²) in [5.74, 6) is 0.404. The van der Waals surface area contributed by atoms with Gasteiger partial charge in [-0.3, -0.25) is 4.79 Å². The number of aromatic nitrogens is 1. The lowest BCUT2D eigenvalue weighted by Crippen LogP contribution is -2.44. The third-order valence-electron chi connectivity index (χ3n) is 4.54. The lowest BCUT2D eigenvalue weighted by molar-refractivity contribution is -0.122. The smallest absolute Gasteiger partial charge is 0.243 e. The van der Waals surface area contributed by atoms with Gasteiger partial charge in [-0.25, -0.2) is 9.37 Å². The molecule has 1 N–H and O–H groups in total. The normalized spacial score (nSPS) is 11.7. The van der Waals surface area contributed by atoms with Crippen LogP contribution in [-0.2, 0) is 4.79 Å². The number of halogens is 1. The molecule has 0 saturated carbocycles. The number of amides is 1. The summed E-state index contributed by atoms with van der Waals surface area (Å²) in [6.45, 7) is 4.44. The largest absolute Gasteiger partial charge is 0.497 e. The summed E-state index contributed by atoms with van der Waals surface area (Å²) in [6, 6.07) is 13.4. The zero-order valence-corrected chi connectivity index (χ0v) is 17.5. The number of anilines is 2. The Morgan fingerprint density at radius 2 is 1.86 bits per heavy atom. The summed E-state index contributed by atoms with van der Waals surface area (Å²) in [5.41, 5.74) is 2.42. The Labute approximate surface area is 174 Å². The van der Waals surface area contributed by atoms with Crippen LogP contribution in [0.5, 0.6) is 5.75 Å². The molecule has 0 saturated heterocycles. The molecular weight excluding hydrogens is 389 g/mol. The predicted molar refractivity (Wildman–Crippen MR) is 115 cm³/mol. The van der Waals surface area contributed by atoms with E-state index in [0.717, 1.165) is 22.7 Å². The van der Waals surface area contributed by atoms with Crippen LogP contribution in [-0.4, -0.2) is 30.6 Å². The van der Waals surface area contributed by atoms with Crippen LogP contribution in [0.4, 0.5) is 15.2 Å². The minimum Gasteiger partial charge on any atom is -0.497 e. The third-order valence-corrected chi connectivity index (χ3v) is 5.38. The standard InChI is InChI=1S/C22H24FN3O2S/c1-4-20(21(27)24-5-2)26(17-10-12-18(28-3)13-11-17)22-25-19(14-29-22)15-6-8-16(23)9-7-15/h6-14,20H,4-5H2,1-3H3,(H,24,27). The molecule has 0 radical (unpaired) electrons. The van der Waals surface area contributed by atoms with Crippen LogP contribution in [0.1, 0.15) is 20.3 Å². The van der Waals surface area contributed by atoms with Crippen LogP contribution in [0.2, 0.25) is 0 Å². The fourth-order valence-corrected chi connectivity index (χ4v) is 3.98. The molecule has 1 unspecified atom stereocenters. The van der Waals surface area contributed by atoms with Crippen LogP contribution < -0.4 is 15.0 Å². The molecule has 0 bridgehead atoms. The van der Waals surface area contributed by atoms with Crippen LogP contribution in [0.25, 0.3) is 11.3 Å². The molecule has 1 aromatic heterocycles. The van der Waals surface area contributed by atoms with Crippen LogP contribution in [0.3, 0.4) is 0 Å². The first-order valence-electron chi connectivity index (χ1n) is 9.49. The number of ether oxygens (including phenoxy) is 1. The summed E-state index contributed by atoms with van der Waals surface area (Å²) in [7, 11) is 1.62. The monoisotopic (exact) mass is 413 g/mol. The summed E-state index contributed by atoms with van der Waals surface area (Å²) < 4.78 is 18.5. The van der Waals surface area contributed by atoms with Crippen molar-refractivity contribution in [2.75, 3.05) is 18.6 Å². The van der Waals surface area contributed by atoms with E-state index >= 15 is 0 Å². The van der Waals surface area contributed by atoms with Crippen molar-refractivity contribution in [3.63, 3.8) is 0 Å². The highest BCUT2D eigenvalue weighted by Crippen LogP contribution is 2.35. The maximum Gasteiger partial charge on any atom is 0.243 e. The van der Waals surface area contributed by atoms with E-state index in [1.54, 1.807) is 19.2 Å². The van der Waals surface area contributed by atoms with Crippen LogP contribution >= 0.6 is 11.3 Å². The van der Waals surface area contributed by atoms with Crippen molar-refractivity contribution >= 4 is 28.1 Å². The number of carbonyl (C=O) groups excluding carboxylic acids is 1. The lowest BCUT2D eigenvalue weighted by atomic mass is 10.1. The molecule has 0 aliphatic heterocycles. The molecule has 0 fully saturated rings.